The van der Waals surface area contributed by atoms with Gasteiger partial charge in [0.1, 0.15) is 0 Å². The summed E-state index contributed by atoms with van der Waals surface area (Å²) in [5, 5.41) is 7.23. The maximum Gasteiger partial charge on any atom is 0.195 e. The predicted molar refractivity (Wildman–Crippen MR) is 71.4 cm³/mol. The lowest BCUT2D eigenvalue weighted by Gasteiger charge is -2.01. The van der Waals surface area contributed by atoms with Gasteiger partial charge in [-0.25, -0.2) is 0 Å². The third-order valence-electron chi connectivity index (χ3n) is 2.69. The molecule has 0 amide bonds. The number of thiophene rings is 1. The summed E-state index contributed by atoms with van der Waals surface area (Å²) in [5.41, 5.74) is 1.25. The average Bonchev–Trinajstić information content (AvgIpc) is 2.93. The van der Waals surface area contributed by atoms with Crippen LogP contribution in [0.2, 0.25) is 0 Å². The molecule has 2 heterocycles. The van der Waals surface area contributed by atoms with Gasteiger partial charge in [0.2, 0.25) is 0 Å². The van der Waals surface area contributed by atoms with Gasteiger partial charge >= 0.3 is 0 Å². The maximum absolute atomic E-state index is 5.27. The lowest BCUT2D eigenvalue weighted by atomic mass is 10.3. The van der Waals surface area contributed by atoms with Gasteiger partial charge in [0.05, 0.1) is 8.66 Å². The van der Waals surface area contributed by atoms with Crippen LogP contribution in [0.25, 0.3) is 10.7 Å². The second kappa shape index (κ2) is 3.78. The Hall–Kier alpha value is -0.460. The van der Waals surface area contributed by atoms with Crippen LogP contribution in [0.15, 0.2) is 9.85 Å². The highest BCUT2D eigenvalue weighted by Crippen LogP contribution is 2.40. The molecule has 6 heteroatoms. The second-order valence-corrected chi connectivity index (χ2v) is 6.78. The Bertz CT molecular complexity index is 572. The van der Waals surface area contributed by atoms with Gasteiger partial charge in [-0.1, -0.05) is 0 Å². The van der Waals surface area contributed by atoms with Gasteiger partial charge in [-0.3, -0.25) is 9.67 Å². The molecule has 16 heavy (non-hydrogen) atoms. The monoisotopic (exact) mass is 315 g/mol. The smallest absolute Gasteiger partial charge is 0.195 e. The standard InChI is InChI=1S/C10H10BrN3S2/c1-5-4-7(16-8(5)11)9-12-13-10(15)14(9)6-2-3-6/h4,6H,2-3H2,1H3,(H,13,15). The van der Waals surface area contributed by atoms with Crippen molar-refractivity contribution in [2.24, 2.45) is 0 Å². The Kier molecular flexibility index (Phi) is 2.53. The number of aryl methyl sites for hydroxylation is 1. The van der Waals surface area contributed by atoms with Crippen molar-refractivity contribution in [2.75, 3.05) is 0 Å². The number of aromatic amines is 1. The van der Waals surface area contributed by atoms with Crippen molar-refractivity contribution in [1.29, 1.82) is 0 Å². The van der Waals surface area contributed by atoms with E-state index in [2.05, 4.69) is 43.7 Å². The van der Waals surface area contributed by atoms with E-state index in [9.17, 15) is 0 Å². The molecule has 1 fully saturated rings. The molecule has 84 valence electrons. The van der Waals surface area contributed by atoms with Crippen molar-refractivity contribution in [3.63, 3.8) is 0 Å². The third-order valence-corrected chi connectivity index (χ3v) is 5.11. The molecular formula is C10H10BrN3S2. The molecule has 0 aliphatic heterocycles. The molecule has 3 rings (SSSR count). The van der Waals surface area contributed by atoms with Crippen molar-refractivity contribution in [2.45, 2.75) is 25.8 Å². The van der Waals surface area contributed by atoms with Crippen LogP contribution in [0.3, 0.4) is 0 Å². The van der Waals surface area contributed by atoms with Crippen LogP contribution >= 0.6 is 39.5 Å². The first-order valence-corrected chi connectivity index (χ1v) is 7.12. The molecule has 0 unspecified atom stereocenters. The molecule has 2 aromatic heterocycles. The summed E-state index contributed by atoms with van der Waals surface area (Å²) in [7, 11) is 0. The second-order valence-electron chi connectivity index (χ2n) is 4.02. The van der Waals surface area contributed by atoms with Crippen LogP contribution in [0.1, 0.15) is 24.4 Å². The highest BCUT2D eigenvalue weighted by Gasteiger charge is 2.28. The van der Waals surface area contributed by atoms with Crippen LogP contribution in [-0.2, 0) is 0 Å². The number of nitrogens with zero attached hydrogens (tertiary/aromatic N) is 2. The van der Waals surface area contributed by atoms with E-state index in [1.54, 1.807) is 11.3 Å². The lowest BCUT2D eigenvalue weighted by molar-refractivity contribution is 0.736. The summed E-state index contributed by atoms with van der Waals surface area (Å²) >= 11 is 10.5. The van der Waals surface area contributed by atoms with Gasteiger partial charge in [0, 0.05) is 6.04 Å². The molecule has 1 saturated carbocycles. The SMILES string of the molecule is Cc1cc(-c2n[nH]c(=S)n2C2CC2)sc1Br. The molecule has 0 atom stereocenters. The number of aromatic nitrogens is 3. The largest absolute Gasteiger partial charge is 0.296 e. The fourth-order valence-electron chi connectivity index (χ4n) is 1.72. The minimum absolute atomic E-state index is 0.558. The van der Waals surface area contributed by atoms with Crippen LogP contribution < -0.4 is 0 Å². The number of rotatable bonds is 2. The van der Waals surface area contributed by atoms with Crippen LogP contribution in [0.5, 0.6) is 0 Å². The molecule has 0 aromatic carbocycles. The Morgan fingerprint density at radius 3 is 2.94 bits per heavy atom. The Balaban J connectivity index is 2.15. The highest BCUT2D eigenvalue weighted by atomic mass is 79.9. The molecule has 1 N–H and O–H groups in total. The molecule has 1 aliphatic rings. The van der Waals surface area contributed by atoms with Crippen molar-refractivity contribution in [3.8, 4) is 10.7 Å². The summed E-state index contributed by atoms with van der Waals surface area (Å²) in [6, 6.07) is 2.71. The van der Waals surface area contributed by atoms with Crippen LogP contribution in [-0.4, -0.2) is 14.8 Å². The summed E-state index contributed by atoms with van der Waals surface area (Å²) < 4.78 is 4.05. The molecule has 0 spiro atoms. The number of hydrogen-bond donors (Lipinski definition) is 1. The molecule has 1 aliphatic carbocycles. The van der Waals surface area contributed by atoms with E-state index in [4.69, 9.17) is 12.2 Å². The van der Waals surface area contributed by atoms with E-state index in [0.29, 0.717) is 6.04 Å². The summed E-state index contributed by atoms with van der Waals surface area (Å²) in [4.78, 5) is 1.17. The zero-order valence-electron chi connectivity index (χ0n) is 8.66. The maximum atomic E-state index is 5.27. The first-order valence-electron chi connectivity index (χ1n) is 5.10. The predicted octanol–water partition coefficient (Wildman–Crippen LogP) is 4.08. The highest BCUT2D eigenvalue weighted by molar-refractivity contribution is 9.11. The van der Waals surface area contributed by atoms with Gasteiger partial charge < -0.3 is 0 Å². The lowest BCUT2D eigenvalue weighted by Crippen LogP contribution is -1.96. The van der Waals surface area contributed by atoms with Gasteiger partial charge in [-0.15, -0.1) is 11.3 Å². The van der Waals surface area contributed by atoms with E-state index in [1.165, 1.54) is 27.1 Å². The summed E-state index contributed by atoms with van der Waals surface area (Å²) in [5.74, 6) is 0.978. The van der Waals surface area contributed by atoms with Gasteiger partial charge in [-0.2, -0.15) is 5.10 Å². The zero-order chi connectivity index (χ0) is 11.3. The zero-order valence-corrected chi connectivity index (χ0v) is 11.9. The molecule has 2 aromatic rings. The molecule has 3 nitrogen and oxygen atoms in total. The fraction of sp³-hybridized carbons (Fsp3) is 0.400. The van der Waals surface area contributed by atoms with Gasteiger partial charge in [0.25, 0.3) is 0 Å². The van der Waals surface area contributed by atoms with Crippen molar-refractivity contribution < 1.29 is 0 Å². The average molecular weight is 316 g/mol. The molecule has 0 saturated heterocycles. The molecule has 0 bridgehead atoms. The number of H-pyrrole nitrogens is 1. The minimum Gasteiger partial charge on any atom is -0.296 e. The van der Waals surface area contributed by atoms with Crippen molar-refractivity contribution in [1.82, 2.24) is 14.8 Å². The van der Waals surface area contributed by atoms with Crippen molar-refractivity contribution >= 4 is 39.5 Å². The van der Waals surface area contributed by atoms with E-state index in [-0.39, 0.29) is 0 Å². The normalized spacial score (nSPS) is 15.6. The third kappa shape index (κ3) is 1.69. The van der Waals surface area contributed by atoms with Crippen LogP contribution in [0.4, 0.5) is 0 Å². The molecule has 0 radical (unpaired) electrons. The molecular weight excluding hydrogens is 306 g/mol. The Labute approximate surface area is 111 Å². The van der Waals surface area contributed by atoms with E-state index < -0.39 is 0 Å². The minimum atomic E-state index is 0.558. The van der Waals surface area contributed by atoms with Crippen LogP contribution in [0, 0.1) is 11.7 Å². The topological polar surface area (TPSA) is 33.6 Å². The number of hydrogen-bond acceptors (Lipinski definition) is 3. The summed E-state index contributed by atoms with van der Waals surface area (Å²) in [6.45, 7) is 2.09. The first kappa shape index (κ1) is 10.7. The van der Waals surface area contributed by atoms with E-state index in [0.717, 1.165) is 10.6 Å². The van der Waals surface area contributed by atoms with E-state index in [1.807, 2.05) is 0 Å². The number of halogens is 1. The number of nitrogens with one attached hydrogen (secondary N) is 1. The quantitative estimate of drug-likeness (QED) is 0.847. The first-order chi connectivity index (χ1) is 7.66. The van der Waals surface area contributed by atoms with Gasteiger partial charge in [0.15, 0.2) is 10.6 Å². The van der Waals surface area contributed by atoms with E-state index >= 15 is 0 Å². The summed E-state index contributed by atoms with van der Waals surface area (Å²) in [6.07, 6.45) is 2.43. The Morgan fingerprint density at radius 1 is 1.62 bits per heavy atom. The Morgan fingerprint density at radius 2 is 2.38 bits per heavy atom. The fourth-order valence-corrected chi connectivity index (χ4v) is 3.52. The van der Waals surface area contributed by atoms with Crippen molar-refractivity contribution in [3.05, 3.63) is 20.2 Å². The van der Waals surface area contributed by atoms with Gasteiger partial charge in [-0.05, 0) is 59.5 Å².